The van der Waals surface area contributed by atoms with Crippen LogP contribution in [0.15, 0.2) is 18.2 Å². The van der Waals surface area contributed by atoms with Gasteiger partial charge in [0, 0.05) is 6.54 Å². The van der Waals surface area contributed by atoms with E-state index in [1.54, 1.807) is 7.11 Å². The van der Waals surface area contributed by atoms with Gasteiger partial charge in [0.15, 0.2) is 0 Å². The van der Waals surface area contributed by atoms with Crippen LogP contribution in [0.1, 0.15) is 11.1 Å². The topological polar surface area (TPSA) is 44.5 Å². The third kappa shape index (κ3) is 3.01. The molecule has 1 aromatic rings. The van der Waals surface area contributed by atoms with Crippen LogP contribution in [0.4, 0.5) is 0 Å². The molecule has 14 heavy (non-hydrogen) atoms. The van der Waals surface area contributed by atoms with Crippen LogP contribution in [0.2, 0.25) is 0 Å². The molecule has 0 bridgehead atoms. The molecule has 0 amide bonds. The van der Waals surface area contributed by atoms with Gasteiger partial charge in [-0.2, -0.15) is 0 Å². The van der Waals surface area contributed by atoms with Crippen LogP contribution in [-0.2, 0) is 11.3 Å². The van der Waals surface area contributed by atoms with Crippen molar-refractivity contribution >= 4 is 0 Å². The fraction of sp³-hybridized carbons (Fsp3) is 0.455. The van der Waals surface area contributed by atoms with Gasteiger partial charge in [-0.15, -0.1) is 0 Å². The number of ether oxygens (including phenoxy) is 2. The van der Waals surface area contributed by atoms with Crippen LogP contribution in [0.3, 0.4) is 0 Å². The first-order valence-corrected chi connectivity index (χ1v) is 4.69. The first kappa shape index (κ1) is 11.0. The maximum absolute atomic E-state index is 5.33. The van der Waals surface area contributed by atoms with Crippen molar-refractivity contribution in [2.24, 2.45) is 5.73 Å². The summed E-state index contributed by atoms with van der Waals surface area (Å²) in [7, 11) is 1.67. The summed E-state index contributed by atoms with van der Waals surface area (Å²) in [6, 6.07) is 6.02. The van der Waals surface area contributed by atoms with E-state index in [9.17, 15) is 0 Å². The lowest BCUT2D eigenvalue weighted by molar-refractivity contribution is 0.128. The van der Waals surface area contributed by atoms with Crippen LogP contribution in [-0.4, -0.2) is 20.3 Å². The summed E-state index contributed by atoms with van der Waals surface area (Å²) in [5.41, 5.74) is 7.60. The van der Waals surface area contributed by atoms with E-state index in [0.717, 1.165) is 16.9 Å². The Kier molecular flexibility index (Phi) is 4.43. The van der Waals surface area contributed by atoms with Crippen LogP contribution in [0.25, 0.3) is 0 Å². The lowest BCUT2D eigenvalue weighted by Crippen LogP contribution is -2.08. The molecule has 78 valence electrons. The van der Waals surface area contributed by atoms with Gasteiger partial charge in [-0.1, -0.05) is 12.1 Å². The van der Waals surface area contributed by atoms with E-state index in [0.29, 0.717) is 19.8 Å². The second-order valence-corrected chi connectivity index (χ2v) is 3.15. The van der Waals surface area contributed by atoms with E-state index < -0.39 is 0 Å². The van der Waals surface area contributed by atoms with E-state index >= 15 is 0 Å². The van der Waals surface area contributed by atoms with Gasteiger partial charge in [-0.3, -0.25) is 0 Å². The molecule has 0 spiro atoms. The highest BCUT2D eigenvalue weighted by atomic mass is 16.5. The van der Waals surface area contributed by atoms with E-state index in [1.165, 1.54) is 0 Å². The Balaban J connectivity index is 2.57. The summed E-state index contributed by atoms with van der Waals surface area (Å²) in [5, 5.41) is 0. The molecule has 1 aromatic carbocycles. The molecule has 0 aliphatic heterocycles. The Morgan fingerprint density at radius 3 is 2.71 bits per heavy atom. The zero-order chi connectivity index (χ0) is 10.4. The second-order valence-electron chi connectivity index (χ2n) is 3.15. The summed E-state index contributed by atoms with van der Waals surface area (Å²) in [6.45, 7) is 3.80. The minimum Gasteiger partial charge on any atom is -0.496 e. The second kappa shape index (κ2) is 5.62. The molecule has 0 aliphatic carbocycles. The number of methoxy groups -OCH3 is 1. The van der Waals surface area contributed by atoms with Crippen molar-refractivity contribution < 1.29 is 9.47 Å². The molecule has 0 aliphatic rings. The van der Waals surface area contributed by atoms with Gasteiger partial charge >= 0.3 is 0 Å². The normalized spacial score (nSPS) is 10.2. The Morgan fingerprint density at radius 2 is 2.14 bits per heavy atom. The van der Waals surface area contributed by atoms with E-state index in [4.69, 9.17) is 15.2 Å². The van der Waals surface area contributed by atoms with Crippen molar-refractivity contribution in [3.05, 3.63) is 29.3 Å². The Bertz CT molecular complexity index is 287. The quantitative estimate of drug-likeness (QED) is 0.724. The Labute approximate surface area is 84.8 Å². The molecule has 1 rings (SSSR count). The Morgan fingerprint density at radius 1 is 1.36 bits per heavy atom. The summed E-state index contributed by atoms with van der Waals surface area (Å²) in [4.78, 5) is 0. The first-order valence-electron chi connectivity index (χ1n) is 4.69. The molecule has 0 saturated heterocycles. The predicted octanol–water partition coefficient (Wildman–Crippen LogP) is 1.48. The number of hydrogen-bond donors (Lipinski definition) is 1. The van der Waals surface area contributed by atoms with Crippen LogP contribution in [0.5, 0.6) is 5.75 Å². The first-order chi connectivity index (χ1) is 6.77. The van der Waals surface area contributed by atoms with Crippen molar-refractivity contribution in [3.63, 3.8) is 0 Å². The average Bonchev–Trinajstić information content (AvgIpc) is 2.18. The van der Waals surface area contributed by atoms with E-state index in [2.05, 4.69) is 6.07 Å². The summed E-state index contributed by atoms with van der Waals surface area (Å²) < 4.78 is 10.5. The largest absolute Gasteiger partial charge is 0.496 e. The minimum absolute atomic E-state index is 0.565. The molecule has 0 saturated carbocycles. The monoisotopic (exact) mass is 195 g/mol. The number of rotatable bonds is 5. The number of hydrogen-bond acceptors (Lipinski definition) is 3. The van der Waals surface area contributed by atoms with Gasteiger partial charge in [-0.25, -0.2) is 0 Å². The molecule has 3 nitrogen and oxygen atoms in total. The van der Waals surface area contributed by atoms with Gasteiger partial charge in [0.1, 0.15) is 5.75 Å². The molecule has 2 N–H and O–H groups in total. The molecule has 0 fully saturated rings. The van der Waals surface area contributed by atoms with Gasteiger partial charge in [0.25, 0.3) is 0 Å². The third-order valence-corrected chi connectivity index (χ3v) is 1.99. The van der Waals surface area contributed by atoms with Crippen molar-refractivity contribution in [1.29, 1.82) is 0 Å². The van der Waals surface area contributed by atoms with Crippen LogP contribution >= 0.6 is 0 Å². The highest BCUT2D eigenvalue weighted by Gasteiger charge is 1.99. The summed E-state index contributed by atoms with van der Waals surface area (Å²) >= 11 is 0. The molecular formula is C11H17NO2. The zero-order valence-electron chi connectivity index (χ0n) is 8.75. The van der Waals surface area contributed by atoms with Crippen LogP contribution < -0.4 is 10.5 Å². The maximum Gasteiger partial charge on any atom is 0.121 e. The average molecular weight is 195 g/mol. The lowest BCUT2D eigenvalue weighted by Gasteiger charge is -2.07. The van der Waals surface area contributed by atoms with Crippen molar-refractivity contribution in [2.45, 2.75) is 13.5 Å². The van der Waals surface area contributed by atoms with Crippen molar-refractivity contribution in [2.75, 3.05) is 20.3 Å². The van der Waals surface area contributed by atoms with E-state index in [1.807, 2.05) is 19.1 Å². The fourth-order valence-electron chi connectivity index (χ4n) is 1.30. The zero-order valence-corrected chi connectivity index (χ0v) is 8.75. The standard InChI is InChI=1S/C11H17NO2/c1-9-7-10(8-14-6-5-12)3-4-11(9)13-2/h3-4,7H,5-6,8,12H2,1-2H3. The van der Waals surface area contributed by atoms with Crippen molar-refractivity contribution in [3.8, 4) is 5.75 Å². The molecule has 0 heterocycles. The van der Waals surface area contributed by atoms with Crippen molar-refractivity contribution in [1.82, 2.24) is 0 Å². The number of benzene rings is 1. The molecule has 0 radical (unpaired) electrons. The van der Waals surface area contributed by atoms with Crippen LogP contribution in [0, 0.1) is 6.92 Å². The predicted molar refractivity (Wildman–Crippen MR) is 56.4 cm³/mol. The van der Waals surface area contributed by atoms with Gasteiger partial charge < -0.3 is 15.2 Å². The fourth-order valence-corrected chi connectivity index (χ4v) is 1.30. The Hall–Kier alpha value is -1.06. The highest BCUT2D eigenvalue weighted by molar-refractivity contribution is 5.35. The molecule has 3 heteroatoms. The van der Waals surface area contributed by atoms with E-state index in [-0.39, 0.29) is 0 Å². The molecule has 0 atom stereocenters. The van der Waals surface area contributed by atoms with Gasteiger partial charge in [0.05, 0.1) is 20.3 Å². The summed E-state index contributed by atoms with van der Waals surface area (Å²) in [6.07, 6.45) is 0. The molecular weight excluding hydrogens is 178 g/mol. The highest BCUT2D eigenvalue weighted by Crippen LogP contribution is 2.18. The SMILES string of the molecule is COc1ccc(COCCN)cc1C. The minimum atomic E-state index is 0.565. The third-order valence-electron chi connectivity index (χ3n) is 1.99. The lowest BCUT2D eigenvalue weighted by atomic mass is 10.1. The van der Waals surface area contributed by atoms with Gasteiger partial charge in [0.2, 0.25) is 0 Å². The smallest absolute Gasteiger partial charge is 0.121 e. The van der Waals surface area contributed by atoms with Gasteiger partial charge in [-0.05, 0) is 24.1 Å². The maximum atomic E-state index is 5.33. The summed E-state index contributed by atoms with van der Waals surface area (Å²) in [5.74, 6) is 0.910. The molecule has 0 unspecified atom stereocenters. The number of aryl methyl sites for hydroxylation is 1. The molecule has 0 aromatic heterocycles. The number of nitrogens with two attached hydrogens (primary N) is 1.